The van der Waals surface area contributed by atoms with Crippen LogP contribution in [0.15, 0.2) is 29.2 Å². The van der Waals surface area contributed by atoms with Crippen LogP contribution >= 0.6 is 0 Å². The molecular formula is C17H26N2O3S. The maximum atomic E-state index is 12.7. The summed E-state index contributed by atoms with van der Waals surface area (Å²) in [6.07, 6.45) is 1.63. The summed E-state index contributed by atoms with van der Waals surface area (Å²) >= 11 is 0. The molecule has 1 amide bonds. The third-order valence-electron chi connectivity index (χ3n) is 4.02. The Bertz CT molecular complexity index is 580. The lowest BCUT2D eigenvalue weighted by Gasteiger charge is -2.41. The Balaban J connectivity index is 2.02. The standard InChI is InChI=1S/C17H26N2O3S/c1-13-11-18(12-17(2,3)21)9-10-19(13)16(20)14-5-7-15(8-6-14)23(4)22/h5-8,13,21H,9-12H2,1-4H3/t13-,23+/m0/s1. The fourth-order valence-corrected chi connectivity index (χ4v) is 3.50. The predicted molar refractivity (Wildman–Crippen MR) is 92.0 cm³/mol. The molecule has 1 aromatic rings. The summed E-state index contributed by atoms with van der Waals surface area (Å²) in [6, 6.07) is 7.08. The summed E-state index contributed by atoms with van der Waals surface area (Å²) in [5, 5.41) is 9.93. The second-order valence-corrected chi connectivity index (χ2v) is 8.25. The molecule has 1 aromatic carbocycles. The molecule has 2 atom stereocenters. The predicted octanol–water partition coefficient (Wildman–Crippen LogP) is 1.34. The van der Waals surface area contributed by atoms with E-state index < -0.39 is 16.4 Å². The van der Waals surface area contributed by atoms with Gasteiger partial charge in [0.05, 0.1) is 5.60 Å². The molecule has 1 heterocycles. The molecule has 23 heavy (non-hydrogen) atoms. The van der Waals surface area contributed by atoms with Crippen LogP contribution in [0.3, 0.4) is 0 Å². The highest BCUT2D eigenvalue weighted by molar-refractivity contribution is 7.84. The number of benzene rings is 1. The second kappa shape index (κ2) is 7.11. The number of amides is 1. The topological polar surface area (TPSA) is 60.9 Å². The summed E-state index contributed by atoms with van der Waals surface area (Å²) in [6.45, 7) is 8.41. The van der Waals surface area contributed by atoms with Crippen molar-refractivity contribution in [3.05, 3.63) is 29.8 Å². The number of hydrogen-bond acceptors (Lipinski definition) is 4. The summed E-state index contributed by atoms with van der Waals surface area (Å²) in [7, 11) is -1.03. The van der Waals surface area contributed by atoms with Gasteiger partial charge in [-0.3, -0.25) is 13.9 Å². The van der Waals surface area contributed by atoms with Crippen LogP contribution < -0.4 is 0 Å². The molecule has 2 rings (SSSR count). The Morgan fingerprint density at radius 3 is 2.39 bits per heavy atom. The van der Waals surface area contributed by atoms with Crippen molar-refractivity contribution in [3.63, 3.8) is 0 Å². The van der Waals surface area contributed by atoms with Gasteiger partial charge in [-0.05, 0) is 45.0 Å². The molecule has 1 fully saturated rings. The molecule has 6 heteroatoms. The summed E-state index contributed by atoms with van der Waals surface area (Å²) in [4.78, 5) is 17.5. The lowest BCUT2D eigenvalue weighted by molar-refractivity contribution is 0.00577. The molecule has 0 aliphatic carbocycles. The van der Waals surface area contributed by atoms with Crippen LogP contribution in [0.4, 0.5) is 0 Å². The van der Waals surface area contributed by atoms with Crippen LogP contribution in [0.1, 0.15) is 31.1 Å². The van der Waals surface area contributed by atoms with E-state index in [1.807, 2.05) is 11.8 Å². The highest BCUT2D eigenvalue weighted by atomic mass is 32.2. The molecule has 1 aliphatic heterocycles. The summed E-state index contributed by atoms with van der Waals surface area (Å²) in [5.74, 6) is 0.00819. The first kappa shape index (κ1) is 18.1. The molecule has 1 N–H and O–H groups in total. The SMILES string of the molecule is C[C@H]1CN(CC(C)(C)O)CCN1C(=O)c1ccc([S@@](C)=O)cc1. The molecule has 0 aromatic heterocycles. The number of rotatable bonds is 4. The van der Waals surface area contributed by atoms with Crippen molar-refractivity contribution in [1.29, 1.82) is 0 Å². The molecule has 0 bridgehead atoms. The summed E-state index contributed by atoms with van der Waals surface area (Å²) in [5.41, 5.74) is -0.0978. The van der Waals surface area contributed by atoms with Gasteiger partial charge >= 0.3 is 0 Å². The van der Waals surface area contributed by atoms with E-state index in [0.717, 1.165) is 18.0 Å². The van der Waals surface area contributed by atoms with Gasteiger partial charge in [-0.25, -0.2) is 0 Å². The van der Waals surface area contributed by atoms with Crippen LogP contribution in [0, 0.1) is 0 Å². The van der Waals surface area contributed by atoms with Crippen molar-refractivity contribution in [2.24, 2.45) is 0 Å². The van der Waals surface area contributed by atoms with Crippen LogP contribution in [0.2, 0.25) is 0 Å². The van der Waals surface area contributed by atoms with E-state index in [4.69, 9.17) is 0 Å². The van der Waals surface area contributed by atoms with Crippen molar-refractivity contribution < 1.29 is 14.1 Å². The lowest BCUT2D eigenvalue weighted by atomic mass is 10.1. The molecular weight excluding hydrogens is 312 g/mol. The van der Waals surface area contributed by atoms with Crippen molar-refractivity contribution >= 4 is 16.7 Å². The third kappa shape index (κ3) is 4.86. The van der Waals surface area contributed by atoms with Crippen LogP contribution in [0.25, 0.3) is 0 Å². The smallest absolute Gasteiger partial charge is 0.254 e. The normalized spacial score (nSPS) is 21.3. The number of β-amino-alcohol motifs (C(OH)–C–C–N with tert-alkyl or cyclic N) is 1. The first-order chi connectivity index (χ1) is 10.7. The van der Waals surface area contributed by atoms with E-state index >= 15 is 0 Å². The van der Waals surface area contributed by atoms with Gasteiger partial charge < -0.3 is 10.0 Å². The van der Waals surface area contributed by atoms with Crippen LogP contribution in [0.5, 0.6) is 0 Å². The lowest BCUT2D eigenvalue weighted by Crippen LogP contribution is -2.56. The van der Waals surface area contributed by atoms with E-state index in [1.54, 1.807) is 44.4 Å². The van der Waals surface area contributed by atoms with E-state index in [0.29, 0.717) is 18.7 Å². The highest BCUT2D eigenvalue weighted by Gasteiger charge is 2.30. The Hall–Kier alpha value is -1.24. The number of nitrogens with zero attached hydrogens (tertiary/aromatic N) is 2. The van der Waals surface area contributed by atoms with E-state index in [1.165, 1.54) is 0 Å². The Labute approximate surface area is 140 Å². The third-order valence-corrected chi connectivity index (χ3v) is 4.95. The van der Waals surface area contributed by atoms with Gasteiger partial charge in [0.25, 0.3) is 5.91 Å². The Morgan fingerprint density at radius 1 is 1.30 bits per heavy atom. The zero-order chi connectivity index (χ0) is 17.2. The van der Waals surface area contributed by atoms with E-state index in [-0.39, 0.29) is 11.9 Å². The van der Waals surface area contributed by atoms with Crippen LogP contribution in [-0.4, -0.2) is 69.1 Å². The molecule has 0 radical (unpaired) electrons. The van der Waals surface area contributed by atoms with E-state index in [2.05, 4.69) is 4.90 Å². The van der Waals surface area contributed by atoms with Crippen molar-refractivity contribution in [2.75, 3.05) is 32.4 Å². The fraction of sp³-hybridized carbons (Fsp3) is 0.588. The van der Waals surface area contributed by atoms with Crippen molar-refractivity contribution in [2.45, 2.75) is 37.3 Å². The molecule has 0 unspecified atom stereocenters. The van der Waals surface area contributed by atoms with Gasteiger partial charge in [-0.2, -0.15) is 0 Å². The quantitative estimate of drug-likeness (QED) is 0.900. The van der Waals surface area contributed by atoms with E-state index in [9.17, 15) is 14.1 Å². The van der Waals surface area contributed by atoms with Crippen LogP contribution in [-0.2, 0) is 10.8 Å². The fourth-order valence-electron chi connectivity index (χ4n) is 2.98. The van der Waals surface area contributed by atoms with Gasteiger partial charge in [-0.1, -0.05) is 0 Å². The minimum Gasteiger partial charge on any atom is -0.389 e. The Morgan fingerprint density at radius 2 is 1.91 bits per heavy atom. The average Bonchev–Trinajstić information content (AvgIpc) is 2.45. The maximum Gasteiger partial charge on any atom is 0.254 e. The number of hydrogen-bond donors (Lipinski definition) is 1. The van der Waals surface area contributed by atoms with Gasteiger partial charge in [0.2, 0.25) is 0 Å². The number of aliphatic hydroxyl groups is 1. The second-order valence-electron chi connectivity index (χ2n) is 6.87. The number of carbonyl (C=O) groups excluding carboxylic acids is 1. The van der Waals surface area contributed by atoms with Gasteiger partial charge in [0.1, 0.15) is 0 Å². The first-order valence-corrected chi connectivity index (χ1v) is 9.42. The highest BCUT2D eigenvalue weighted by Crippen LogP contribution is 2.17. The minimum atomic E-state index is -1.03. The van der Waals surface area contributed by atoms with Crippen molar-refractivity contribution in [1.82, 2.24) is 9.80 Å². The summed E-state index contributed by atoms with van der Waals surface area (Å²) < 4.78 is 11.4. The first-order valence-electron chi connectivity index (χ1n) is 7.86. The van der Waals surface area contributed by atoms with Crippen molar-refractivity contribution in [3.8, 4) is 0 Å². The maximum absolute atomic E-state index is 12.7. The number of piperazine rings is 1. The largest absolute Gasteiger partial charge is 0.389 e. The molecule has 1 aliphatic rings. The molecule has 128 valence electrons. The Kier molecular flexibility index (Phi) is 5.60. The van der Waals surface area contributed by atoms with Gasteiger partial charge in [0.15, 0.2) is 0 Å². The molecule has 5 nitrogen and oxygen atoms in total. The molecule has 0 saturated carbocycles. The number of carbonyl (C=O) groups is 1. The van der Waals surface area contributed by atoms with Gasteiger partial charge in [0, 0.05) is 59.7 Å². The monoisotopic (exact) mass is 338 g/mol. The minimum absolute atomic E-state index is 0.00819. The molecule has 0 spiro atoms. The van der Waals surface area contributed by atoms with Gasteiger partial charge in [-0.15, -0.1) is 0 Å². The zero-order valence-corrected chi connectivity index (χ0v) is 15.1. The average molecular weight is 338 g/mol. The zero-order valence-electron chi connectivity index (χ0n) is 14.3. The molecule has 1 saturated heterocycles.